The topological polar surface area (TPSA) is 63.4 Å². The molecule has 3 unspecified atom stereocenters. The summed E-state index contributed by atoms with van der Waals surface area (Å²) in [5, 5.41) is 0. The minimum atomic E-state index is -0.249. The second kappa shape index (κ2) is 4.17. The van der Waals surface area contributed by atoms with Crippen molar-refractivity contribution in [1.82, 2.24) is 4.90 Å². The molecule has 2 aliphatic heterocycles. The van der Waals surface area contributed by atoms with Gasteiger partial charge in [-0.1, -0.05) is 13.8 Å². The summed E-state index contributed by atoms with van der Waals surface area (Å²) in [7, 11) is 0. The summed E-state index contributed by atoms with van der Waals surface area (Å²) in [6.07, 6.45) is 3.28. The van der Waals surface area contributed by atoms with Crippen LogP contribution < -0.4 is 5.73 Å². The quantitative estimate of drug-likeness (QED) is 0.767. The molecule has 16 heavy (non-hydrogen) atoms. The molecule has 3 atom stereocenters. The Morgan fingerprint density at radius 1 is 1.31 bits per heavy atom. The van der Waals surface area contributed by atoms with E-state index in [1.807, 2.05) is 13.8 Å². The predicted molar refractivity (Wildman–Crippen MR) is 60.7 cm³/mol. The van der Waals surface area contributed by atoms with Crippen LogP contribution in [0.1, 0.15) is 39.5 Å². The lowest BCUT2D eigenvalue weighted by atomic mass is 9.93. The minimum absolute atomic E-state index is 0.203. The molecule has 2 bridgehead atoms. The second-order valence-corrected chi connectivity index (χ2v) is 5.37. The Bertz CT molecular complexity index is 298. The molecule has 0 aromatic rings. The molecule has 2 N–H and O–H groups in total. The van der Waals surface area contributed by atoms with E-state index in [0.29, 0.717) is 18.6 Å². The van der Waals surface area contributed by atoms with Gasteiger partial charge >= 0.3 is 0 Å². The molecule has 0 spiro atoms. The monoisotopic (exact) mass is 224 g/mol. The molecule has 2 saturated heterocycles. The molecule has 0 saturated carbocycles. The zero-order chi connectivity index (χ0) is 11.9. The molecule has 2 aliphatic rings. The highest BCUT2D eigenvalue weighted by atomic mass is 16.1. The van der Waals surface area contributed by atoms with Gasteiger partial charge in [0.15, 0.2) is 0 Å². The maximum absolute atomic E-state index is 11.5. The van der Waals surface area contributed by atoms with Crippen LogP contribution in [0.2, 0.25) is 0 Å². The van der Waals surface area contributed by atoms with Crippen LogP contribution in [0.15, 0.2) is 0 Å². The third-order valence-electron chi connectivity index (χ3n) is 3.85. The summed E-state index contributed by atoms with van der Waals surface area (Å²) in [5.74, 6) is 0.311. The van der Waals surface area contributed by atoms with Crippen molar-refractivity contribution in [3.05, 3.63) is 0 Å². The van der Waals surface area contributed by atoms with Crippen LogP contribution in [0, 0.1) is 5.92 Å². The first-order valence-electron chi connectivity index (χ1n) is 6.09. The Morgan fingerprint density at radius 2 is 1.81 bits per heavy atom. The zero-order valence-electron chi connectivity index (χ0n) is 9.98. The smallest absolute Gasteiger partial charge is 0.235 e. The van der Waals surface area contributed by atoms with E-state index in [1.54, 1.807) is 0 Å². The molecule has 0 aromatic heterocycles. The number of fused-ring (bicyclic) bond motifs is 2. The molecular weight excluding hydrogens is 204 g/mol. The van der Waals surface area contributed by atoms with Crippen LogP contribution in [0.5, 0.6) is 0 Å². The molecule has 0 aromatic carbocycles. The summed E-state index contributed by atoms with van der Waals surface area (Å²) < 4.78 is 0. The van der Waals surface area contributed by atoms with E-state index >= 15 is 0 Å². The molecule has 2 rings (SSSR count). The lowest BCUT2D eigenvalue weighted by molar-refractivity contribution is -0.132. The largest absolute Gasteiger partial charge is 0.368 e. The van der Waals surface area contributed by atoms with Crippen molar-refractivity contribution >= 4 is 11.7 Å². The highest BCUT2D eigenvalue weighted by Gasteiger charge is 2.45. The van der Waals surface area contributed by atoms with Crippen molar-refractivity contribution in [2.24, 2.45) is 11.7 Å². The first-order valence-corrected chi connectivity index (χ1v) is 6.09. The van der Waals surface area contributed by atoms with Crippen LogP contribution in [0.3, 0.4) is 0 Å². The van der Waals surface area contributed by atoms with Crippen molar-refractivity contribution in [2.45, 2.75) is 57.7 Å². The fourth-order valence-electron chi connectivity index (χ4n) is 3.28. The SMILES string of the molecule is CC(C)C(C(N)=O)N1C2CCC1CC(=O)C2. The van der Waals surface area contributed by atoms with Gasteiger partial charge in [-0.2, -0.15) is 0 Å². The van der Waals surface area contributed by atoms with Gasteiger partial charge in [0.1, 0.15) is 5.78 Å². The maximum Gasteiger partial charge on any atom is 0.235 e. The summed E-state index contributed by atoms with van der Waals surface area (Å²) in [6, 6.07) is 0.308. The van der Waals surface area contributed by atoms with Crippen molar-refractivity contribution in [2.75, 3.05) is 0 Å². The van der Waals surface area contributed by atoms with E-state index in [1.165, 1.54) is 0 Å². The number of hydrogen-bond acceptors (Lipinski definition) is 3. The van der Waals surface area contributed by atoms with Crippen molar-refractivity contribution < 1.29 is 9.59 Å². The standard InChI is InChI=1S/C12H20N2O2/c1-7(2)11(12(13)16)14-8-3-4-9(14)6-10(15)5-8/h7-9,11H,3-6H2,1-2H3,(H2,13,16). The lowest BCUT2D eigenvalue weighted by Gasteiger charge is -2.40. The lowest BCUT2D eigenvalue weighted by Crippen LogP contribution is -2.56. The molecule has 1 amide bonds. The Labute approximate surface area is 96.2 Å². The minimum Gasteiger partial charge on any atom is -0.368 e. The average molecular weight is 224 g/mol. The molecule has 90 valence electrons. The van der Waals surface area contributed by atoms with E-state index < -0.39 is 0 Å². The summed E-state index contributed by atoms with van der Waals surface area (Å²) in [6.45, 7) is 4.04. The highest BCUT2D eigenvalue weighted by molar-refractivity contribution is 5.83. The van der Waals surface area contributed by atoms with Gasteiger partial charge in [-0.25, -0.2) is 0 Å². The van der Waals surface area contributed by atoms with Crippen LogP contribution in [0.4, 0.5) is 0 Å². The van der Waals surface area contributed by atoms with Gasteiger partial charge in [-0.05, 0) is 18.8 Å². The van der Waals surface area contributed by atoms with Crippen molar-refractivity contribution in [3.63, 3.8) is 0 Å². The number of nitrogens with two attached hydrogens (primary N) is 1. The molecule has 0 aliphatic carbocycles. The Balaban J connectivity index is 2.20. The van der Waals surface area contributed by atoms with E-state index in [2.05, 4.69) is 4.90 Å². The number of carbonyl (C=O) groups is 2. The molecule has 2 fully saturated rings. The van der Waals surface area contributed by atoms with E-state index in [4.69, 9.17) is 5.73 Å². The molecule has 4 heteroatoms. The van der Waals surface area contributed by atoms with Gasteiger partial charge < -0.3 is 5.73 Å². The first kappa shape index (κ1) is 11.6. The number of ketones is 1. The number of rotatable bonds is 3. The number of hydrogen-bond donors (Lipinski definition) is 1. The molecule has 0 radical (unpaired) electrons. The third-order valence-corrected chi connectivity index (χ3v) is 3.85. The molecular formula is C12H20N2O2. The van der Waals surface area contributed by atoms with Gasteiger partial charge in [0.05, 0.1) is 6.04 Å². The predicted octanol–water partition coefficient (Wildman–Crippen LogP) is 0.692. The van der Waals surface area contributed by atoms with E-state index in [9.17, 15) is 9.59 Å². The third kappa shape index (κ3) is 1.86. The summed E-state index contributed by atoms with van der Waals surface area (Å²) in [5.41, 5.74) is 5.49. The first-order chi connectivity index (χ1) is 7.50. The fraction of sp³-hybridized carbons (Fsp3) is 0.833. The van der Waals surface area contributed by atoms with Crippen LogP contribution >= 0.6 is 0 Å². The molecule has 2 heterocycles. The van der Waals surface area contributed by atoms with Gasteiger partial charge in [-0.3, -0.25) is 14.5 Å². The number of carbonyl (C=O) groups excluding carboxylic acids is 2. The Hall–Kier alpha value is -0.900. The Kier molecular flexibility index (Phi) is 3.02. The van der Waals surface area contributed by atoms with Crippen molar-refractivity contribution in [3.8, 4) is 0 Å². The summed E-state index contributed by atoms with van der Waals surface area (Å²) >= 11 is 0. The average Bonchev–Trinajstić information content (AvgIpc) is 2.44. The van der Waals surface area contributed by atoms with Crippen LogP contribution in [-0.4, -0.2) is 34.7 Å². The number of amides is 1. The highest BCUT2D eigenvalue weighted by Crippen LogP contribution is 2.37. The normalized spacial score (nSPS) is 32.1. The van der Waals surface area contributed by atoms with Crippen LogP contribution in [0.25, 0.3) is 0 Å². The zero-order valence-corrected chi connectivity index (χ0v) is 9.98. The maximum atomic E-state index is 11.5. The van der Waals surface area contributed by atoms with Crippen LogP contribution in [-0.2, 0) is 9.59 Å². The van der Waals surface area contributed by atoms with E-state index in [0.717, 1.165) is 12.8 Å². The van der Waals surface area contributed by atoms with Gasteiger partial charge in [-0.15, -0.1) is 0 Å². The van der Waals surface area contributed by atoms with Crippen molar-refractivity contribution in [1.29, 1.82) is 0 Å². The second-order valence-electron chi connectivity index (χ2n) is 5.37. The fourth-order valence-corrected chi connectivity index (χ4v) is 3.28. The number of nitrogens with zero attached hydrogens (tertiary/aromatic N) is 1. The van der Waals surface area contributed by atoms with E-state index in [-0.39, 0.29) is 30.0 Å². The van der Waals surface area contributed by atoms with Gasteiger partial charge in [0.2, 0.25) is 5.91 Å². The number of piperidine rings is 1. The summed E-state index contributed by atoms with van der Waals surface area (Å²) in [4.78, 5) is 25.2. The van der Waals surface area contributed by atoms with Gasteiger partial charge in [0.25, 0.3) is 0 Å². The molecule has 4 nitrogen and oxygen atoms in total. The van der Waals surface area contributed by atoms with Gasteiger partial charge in [0, 0.05) is 24.9 Å². The number of primary amides is 1. The number of Topliss-reactive ketones (excluding diaryl/α,β-unsaturated/α-hetero) is 1. The Morgan fingerprint density at radius 3 is 2.19 bits per heavy atom.